The van der Waals surface area contributed by atoms with E-state index in [4.69, 9.17) is 28.0 Å². The summed E-state index contributed by atoms with van der Waals surface area (Å²) in [5.41, 5.74) is 4.24. The van der Waals surface area contributed by atoms with Crippen LogP contribution in [0.1, 0.15) is 11.1 Å². The SMILES string of the molecule is [B]c1nc(-c2c(C)ccc3c2oc2c(-c4ccc5ccccc5c4)ccc(C#N)c23)c([B])c([B])c1F. The molecule has 162 valence electrons. The van der Waals surface area contributed by atoms with Gasteiger partial charge in [0.15, 0.2) is 0 Å². The van der Waals surface area contributed by atoms with Gasteiger partial charge in [0.2, 0.25) is 0 Å². The molecule has 2 heterocycles. The van der Waals surface area contributed by atoms with Crippen LogP contribution < -0.4 is 16.5 Å². The first kappa shape index (κ1) is 22.2. The Labute approximate surface area is 210 Å². The van der Waals surface area contributed by atoms with E-state index < -0.39 is 5.82 Å². The van der Waals surface area contributed by atoms with Crippen molar-refractivity contribution in [2.24, 2.45) is 0 Å². The maximum atomic E-state index is 14.3. The molecule has 0 unspecified atom stereocenters. The highest BCUT2D eigenvalue weighted by atomic mass is 19.1. The van der Waals surface area contributed by atoms with E-state index in [-0.39, 0.29) is 22.2 Å². The number of fused-ring (bicyclic) bond motifs is 4. The van der Waals surface area contributed by atoms with Gasteiger partial charge >= 0.3 is 0 Å². The Morgan fingerprint density at radius 2 is 1.67 bits per heavy atom. The zero-order valence-electron chi connectivity index (χ0n) is 19.3. The van der Waals surface area contributed by atoms with E-state index in [1.54, 1.807) is 6.07 Å². The lowest BCUT2D eigenvalue weighted by Crippen LogP contribution is -2.38. The minimum atomic E-state index is -0.851. The second-order valence-electron chi connectivity index (χ2n) is 8.76. The molecule has 4 aromatic carbocycles. The summed E-state index contributed by atoms with van der Waals surface area (Å²) in [5, 5.41) is 13.5. The number of pyridine rings is 1. The molecular formula is C29H14B3FN2O. The largest absolute Gasteiger partial charge is 0.455 e. The highest BCUT2D eigenvalue weighted by Gasteiger charge is 2.22. The Kier molecular flexibility index (Phi) is 5.01. The molecule has 0 saturated carbocycles. The van der Waals surface area contributed by atoms with E-state index in [1.165, 1.54) is 0 Å². The van der Waals surface area contributed by atoms with E-state index in [9.17, 15) is 9.65 Å². The molecule has 0 atom stereocenters. The summed E-state index contributed by atoms with van der Waals surface area (Å²) in [7, 11) is 17.9. The van der Waals surface area contributed by atoms with Gasteiger partial charge in [-0.3, -0.25) is 4.98 Å². The average Bonchev–Trinajstić information content (AvgIpc) is 3.28. The number of hydrogen-bond donors (Lipinski definition) is 0. The lowest BCUT2D eigenvalue weighted by Gasteiger charge is -2.14. The number of nitrogens with zero attached hydrogens (tertiary/aromatic N) is 2. The zero-order valence-corrected chi connectivity index (χ0v) is 19.3. The van der Waals surface area contributed by atoms with Crippen LogP contribution in [0.4, 0.5) is 4.39 Å². The molecule has 0 fully saturated rings. The lowest BCUT2D eigenvalue weighted by atomic mass is 9.75. The molecule has 0 amide bonds. The molecule has 0 N–H and O–H groups in total. The van der Waals surface area contributed by atoms with Gasteiger partial charge in [-0.2, -0.15) is 5.26 Å². The standard InChI is InChI=1S/C29H14B3FN2O/c1-14-6-10-20-22-18(13-34)9-11-19(17-8-7-15-4-2-3-5-16(15)12-17)27(22)36-28(20)21(14)26-24(31)23(30)25(33)29(32)35-26/h2-12H,1H3. The maximum absolute atomic E-state index is 14.3. The fourth-order valence-corrected chi connectivity index (χ4v) is 4.82. The van der Waals surface area contributed by atoms with Gasteiger partial charge in [0.25, 0.3) is 0 Å². The van der Waals surface area contributed by atoms with E-state index in [1.807, 2.05) is 43.3 Å². The third-order valence-corrected chi connectivity index (χ3v) is 6.65. The van der Waals surface area contributed by atoms with Gasteiger partial charge < -0.3 is 4.42 Å². The van der Waals surface area contributed by atoms with Crippen molar-refractivity contribution in [3.8, 4) is 28.5 Å². The smallest absolute Gasteiger partial charge is 0.145 e. The van der Waals surface area contributed by atoms with Gasteiger partial charge in [0, 0.05) is 27.5 Å². The van der Waals surface area contributed by atoms with Gasteiger partial charge in [0.1, 0.15) is 40.5 Å². The highest BCUT2D eigenvalue weighted by Crippen LogP contribution is 2.42. The van der Waals surface area contributed by atoms with Crippen LogP contribution in [-0.4, -0.2) is 28.5 Å². The van der Waals surface area contributed by atoms with Crippen LogP contribution in [0.2, 0.25) is 0 Å². The molecule has 7 heteroatoms. The second kappa shape index (κ2) is 8.14. The summed E-state index contributed by atoms with van der Waals surface area (Å²) < 4.78 is 20.8. The van der Waals surface area contributed by atoms with Crippen molar-refractivity contribution in [3.05, 3.63) is 83.7 Å². The van der Waals surface area contributed by atoms with Crippen molar-refractivity contribution in [1.29, 1.82) is 5.26 Å². The van der Waals surface area contributed by atoms with Gasteiger partial charge in [0.05, 0.1) is 17.3 Å². The summed E-state index contributed by atoms with van der Waals surface area (Å²) in [6.45, 7) is 1.87. The van der Waals surface area contributed by atoms with Crippen LogP contribution in [0.3, 0.4) is 0 Å². The van der Waals surface area contributed by atoms with Crippen molar-refractivity contribution in [2.45, 2.75) is 6.92 Å². The van der Waals surface area contributed by atoms with Gasteiger partial charge in [-0.05, 0) is 47.0 Å². The Bertz CT molecular complexity index is 1920. The number of aryl methyl sites for hydroxylation is 1. The molecule has 6 aromatic rings. The number of hydrogen-bond acceptors (Lipinski definition) is 3. The van der Waals surface area contributed by atoms with Crippen LogP contribution in [0.25, 0.3) is 55.1 Å². The zero-order chi connectivity index (χ0) is 25.1. The quantitative estimate of drug-likeness (QED) is 0.367. The Hall–Kier alpha value is -4.30. The van der Waals surface area contributed by atoms with E-state index in [0.717, 1.165) is 27.5 Å². The minimum Gasteiger partial charge on any atom is -0.455 e. The van der Waals surface area contributed by atoms with Gasteiger partial charge in [-0.25, -0.2) is 4.39 Å². The van der Waals surface area contributed by atoms with Crippen molar-refractivity contribution in [1.82, 2.24) is 4.98 Å². The molecule has 3 nitrogen and oxygen atoms in total. The van der Waals surface area contributed by atoms with Crippen molar-refractivity contribution in [3.63, 3.8) is 0 Å². The van der Waals surface area contributed by atoms with Gasteiger partial charge in [-0.1, -0.05) is 59.5 Å². The Morgan fingerprint density at radius 3 is 2.44 bits per heavy atom. The van der Waals surface area contributed by atoms with E-state index >= 15 is 0 Å². The molecule has 0 aliphatic heterocycles. The molecule has 36 heavy (non-hydrogen) atoms. The summed E-state index contributed by atoms with van der Waals surface area (Å²) in [6.07, 6.45) is 0. The number of benzene rings is 4. The molecule has 6 radical (unpaired) electrons. The molecule has 2 aromatic heterocycles. The lowest BCUT2D eigenvalue weighted by molar-refractivity contribution is 0.641. The summed E-state index contributed by atoms with van der Waals surface area (Å²) in [4.78, 5) is 4.21. The van der Waals surface area contributed by atoms with E-state index in [2.05, 4.69) is 35.3 Å². The summed E-state index contributed by atoms with van der Waals surface area (Å²) in [5.74, 6) is -0.851. The third kappa shape index (κ3) is 3.18. The summed E-state index contributed by atoms with van der Waals surface area (Å²) >= 11 is 0. The number of halogens is 1. The maximum Gasteiger partial charge on any atom is 0.145 e. The third-order valence-electron chi connectivity index (χ3n) is 6.65. The van der Waals surface area contributed by atoms with Crippen molar-refractivity contribution < 1.29 is 8.81 Å². The first-order valence-corrected chi connectivity index (χ1v) is 11.3. The number of rotatable bonds is 2. The molecule has 0 bridgehead atoms. The summed E-state index contributed by atoms with van der Waals surface area (Å²) in [6, 6.07) is 24.0. The second-order valence-corrected chi connectivity index (χ2v) is 8.76. The van der Waals surface area contributed by atoms with Crippen molar-refractivity contribution >= 4 is 72.8 Å². The number of furan rings is 1. The molecule has 0 saturated heterocycles. The number of aromatic nitrogens is 1. The molecular weight excluding hydrogens is 444 g/mol. The first-order chi connectivity index (χ1) is 17.4. The Morgan fingerprint density at radius 1 is 0.889 bits per heavy atom. The van der Waals surface area contributed by atoms with Crippen LogP contribution in [0.15, 0.2) is 71.1 Å². The number of nitriles is 1. The van der Waals surface area contributed by atoms with E-state index in [0.29, 0.717) is 33.1 Å². The first-order valence-electron chi connectivity index (χ1n) is 11.3. The predicted octanol–water partition coefficient (Wildman–Crippen LogP) is 4.17. The molecule has 0 aliphatic carbocycles. The minimum absolute atomic E-state index is 0.0204. The predicted molar refractivity (Wildman–Crippen MR) is 145 cm³/mol. The molecule has 0 aliphatic rings. The van der Waals surface area contributed by atoms with Crippen LogP contribution in [0.5, 0.6) is 0 Å². The molecule has 0 spiro atoms. The van der Waals surface area contributed by atoms with Crippen molar-refractivity contribution in [2.75, 3.05) is 0 Å². The van der Waals surface area contributed by atoms with Crippen LogP contribution >= 0.6 is 0 Å². The van der Waals surface area contributed by atoms with Crippen LogP contribution in [-0.2, 0) is 0 Å². The highest BCUT2D eigenvalue weighted by molar-refractivity contribution is 6.52. The Balaban J connectivity index is 1.72. The topological polar surface area (TPSA) is 49.8 Å². The fourth-order valence-electron chi connectivity index (χ4n) is 4.82. The van der Waals surface area contributed by atoms with Gasteiger partial charge in [-0.15, -0.1) is 0 Å². The average molecular weight is 458 g/mol. The monoisotopic (exact) mass is 458 g/mol. The fraction of sp³-hybridized carbons (Fsp3) is 0.0345. The molecule has 6 rings (SSSR count). The normalized spacial score (nSPS) is 11.4. The van der Waals surface area contributed by atoms with Crippen LogP contribution in [0, 0.1) is 24.1 Å².